The summed E-state index contributed by atoms with van der Waals surface area (Å²) in [6, 6.07) is 13.6. The molecule has 2 aromatic carbocycles. The number of carbonyl (C=O) groups excluding carboxylic acids is 3. The molecular weight excluding hydrogens is 462 g/mol. The lowest BCUT2D eigenvalue weighted by Gasteiger charge is -2.39. The van der Waals surface area contributed by atoms with Crippen molar-refractivity contribution < 1.29 is 33.3 Å². The van der Waals surface area contributed by atoms with Crippen molar-refractivity contribution >= 4 is 17.7 Å². The number of ether oxygens (including phenoxy) is 4. The van der Waals surface area contributed by atoms with Crippen molar-refractivity contribution in [2.75, 3.05) is 27.3 Å². The molecule has 36 heavy (non-hydrogen) atoms. The minimum atomic E-state index is -1.58. The summed E-state index contributed by atoms with van der Waals surface area (Å²) >= 11 is 0. The van der Waals surface area contributed by atoms with E-state index in [9.17, 15) is 14.4 Å². The summed E-state index contributed by atoms with van der Waals surface area (Å²) in [7, 11) is 2.99. The van der Waals surface area contributed by atoms with Gasteiger partial charge in [-0.05, 0) is 49.5 Å². The topological polar surface area (TPSA) is 91.4 Å². The zero-order chi connectivity index (χ0) is 25.3. The number of piperidine rings is 1. The largest absolute Gasteiger partial charge is 0.493 e. The number of benzene rings is 2. The van der Waals surface area contributed by atoms with E-state index in [4.69, 9.17) is 18.9 Å². The number of rotatable bonds is 6. The Hall–Kier alpha value is -3.39. The summed E-state index contributed by atoms with van der Waals surface area (Å²) in [4.78, 5) is 41.6. The van der Waals surface area contributed by atoms with Gasteiger partial charge in [-0.1, -0.05) is 30.3 Å². The number of nitrogens with zero attached hydrogens (tertiary/aromatic N) is 1. The first kappa shape index (κ1) is 24.3. The van der Waals surface area contributed by atoms with Gasteiger partial charge in [0.2, 0.25) is 11.4 Å². The Morgan fingerprint density at radius 2 is 1.61 bits per heavy atom. The molecule has 2 atom stereocenters. The molecule has 8 nitrogen and oxygen atoms in total. The van der Waals surface area contributed by atoms with Crippen LogP contribution in [-0.4, -0.2) is 55.5 Å². The molecule has 2 aliphatic heterocycles. The maximum atomic E-state index is 13.9. The van der Waals surface area contributed by atoms with Crippen LogP contribution in [0.25, 0.3) is 0 Å². The summed E-state index contributed by atoms with van der Waals surface area (Å²) in [5, 5.41) is 0. The molecule has 0 aromatic heterocycles. The fourth-order valence-corrected chi connectivity index (χ4v) is 5.67. The van der Waals surface area contributed by atoms with Gasteiger partial charge in [-0.2, -0.15) is 0 Å². The Bertz CT molecular complexity index is 1160. The Balaban J connectivity index is 1.42. The van der Waals surface area contributed by atoms with E-state index in [0.29, 0.717) is 29.0 Å². The lowest BCUT2D eigenvalue weighted by molar-refractivity contribution is -0.187. The van der Waals surface area contributed by atoms with E-state index in [-0.39, 0.29) is 24.5 Å². The van der Waals surface area contributed by atoms with Crippen LogP contribution in [0.1, 0.15) is 59.7 Å². The number of likely N-dealkylation sites (tertiary alicyclic amines) is 1. The number of hydrogen-bond donors (Lipinski definition) is 0. The van der Waals surface area contributed by atoms with Crippen LogP contribution in [0.4, 0.5) is 0 Å². The lowest BCUT2D eigenvalue weighted by atomic mass is 9.80. The molecule has 0 N–H and O–H groups in total. The third-order valence-electron chi connectivity index (χ3n) is 7.52. The Morgan fingerprint density at radius 3 is 2.31 bits per heavy atom. The van der Waals surface area contributed by atoms with Gasteiger partial charge in [0.25, 0.3) is 0 Å². The molecule has 1 aliphatic carbocycles. The Labute approximate surface area is 210 Å². The van der Waals surface area contributed by atoms with E-state index in [1.165, 1.54) is 19.8 Å². The standard InChI is InChI=1S/C28H31NO7/c1-33-22-14-20-21(15-23(22)34-2)27-28(26(20)32,36-25(31)9-8-24(30)35-27)16-18-10-12-29(13-11-18)17-19-6-4-3-5-7-19/h3-7,14-15,18,27H,8-13,16-17H2,1-2H3. The van der Waals surface area contributed by atoms with Crippen molar-refractivity contribution in [1.29, 1.82) is 0 Å². The van der Waals surface area contributed by atoms with Crippen molar-refractivity contribution in [2.45, 2.75) is 50.4 Å². The van der Waals surface area contributed by atoms with E-state index in [2.05, 4.69) is 17.0 Å². The minimum absolute atomic E-state index is 0.0832. The van der Waals surface area contributed by atoms with Crippen LogP contribution in [0.3, 0.4) is 0 Å². The van der Waals surface area contributed by atoms with Gasteiger partial charge in [0.1, 0.15) is 0 Å². The van der Waals surface area contributed by atoms with E-state index in [1.54, 1.807) is 12.1 Å². The molecule has 0 amide bonds. The van der Waals surface area contributed by atoms with Gasteiger partial charge in [0.15, 0.2) is 17.6 Å². The number of ketones is 1. The van der Waals surface area contributed by atoms with E-state index < -0.39 is 23.6 Å². The van der Waals surface area contributed by atoms with Crippen LogP contribution >= 0.6 is 0 Å². The molecule has 0 radical (unpaired) electrons. The zero-order valence-corrected chi connectivity index (χ0v) is 20.7. The molecule has 3 aliphatic rings. The molecule has 2 aromatic rings. The molecule has 190 valence electrons. The molecule has 2 unspecified atom stereocenters. The highest BCUT2D eigenvalue weighted by atomic mass is 16.6. The van der Waals surface area contributed by atoms with Crippen molar-refractivity contribution in [1.82, 2.24) is 4.90 Å². The van der Waals surface area contributed by atoms with Gasteiger partial charge >= 0.3 is 11.9 Å². The minimum Gasteiger partial charge on any atom is -0.493 e. The Morgan fingerprint density at radius 1 is 0.944 bits per heavy atom. The second-order valence-corrected chi connectivity index (χ2v) is 9.77. The highest BCUT2D eigenvalue weighted by Gasteiger charge is 2.60. The second-order valence-electron chi connectivity index (χ2n) is 9.77. The van der Waals surface area contributed by atoms with Gasteiger partial charge in [-0.3, -0.25) is 19.3 Å². The Kier molecular flexibility index (Phi) is 6.71. The first-order valence-electron chi connectivity index (χ1n) is 12.4. The predicted molar refractivity (Wildman–Crippen MR) is 130 cm³/mol. The van der Waals surface area contributed by atoms with Gasteiger partial charge in [-0.25, -0.2) is 0 Å². The second kappa shape index (κ2) is 9.93. The van der Waals surface area contributed by atoms with Gasteiger partial charge in [0, 0.05) is 24.1 Å². The van der Waals surface area contributed by atoms with Gasteiger partial charge < -0.3 is 18.9 Å². The van der Waals surface area contributed by atoms with Crippen molar-refractivity contribution in [3.63, 3.8) is 0 Å². The van der Waals surface area contributed by atoms with Gasteiger partial charge in [0.05, 0.1) is 27.1 Å². The average Bonchev–Trinajstić information content (AvgIpc) is 3.09. The number of methoxy groups -OCH3 is 2. The maximum Gasteiger partial charge on any atom is 0.307 e. The molecule has 0 bridgehead atoms. The summed E-state index contributed by atoms with van der Waals surface area (Å²) in [6.07, 6.45) is 0.790. The molecular formula is C28H31NO7. The lowest BCUT2D eigenvalue weighted by Crippen LogP contribution is -2.49. The summed E-state index contributed by atoms with van der Waals surface area (Å²) in [5.41, 5.74) is 0.503. The summed E-state index contributed by atoms with van der Waals surface area (Å²) < 4.78 is 22.6. The molecule has 2 heterocycles. The number of hydrogen-bond acceptors (Lipinski definition) is 8. The highest BCUT2D eigenvalue weighted by Crippen LogP contribution is 2.52. The quantitative estimate of drug-likeness (QED) is 0.561. The molecule has 0 spiro atoms. The average molecular weight is 494 g/mol. The molecule has 2 saturated heterocycles. The maximum absolute atomic E-state index is 13.9. The van der Waals surface area contributed by atoms with Crippen molar-refractivity contribution in [3.8, 4) is 11.5 Å². The highest BCUT2D eigenvalue weighted by molar-refractivity contribution is 6.09. The van der Waals surface area contributed by atoms with Crippen LogP contribution in [0.5, 0.6) is 11.5 Å². The van der Waals surface area contributed by atoms with Crippen LogP contribution in [0.2, 0.25) is 0 Å². The molecule has 0 saturated carbocycles. The third-order valence-corrected chi connectivity index (χ3v) is 7.52. The molecule has 2 fully saturated rings. The van der Waals surface area contributed by atoms with Crippen LogP contribution in [0, 0.1) is 5.92 Å². The molecule has 5 rings (SSSR count). The third kappa shape index (κ3) is 4.46. The van der Waals surface area contributed by atoms with E-state index in [0.717, 1.165) is 32.5 Å². The smallest absolute Gasteiger partial charge is 0.307 e. The number of Topliss-reactive ketones (excluding diaryl/α,β-unsaturated/α-hetero) is 1. The first-order valence-corrected chi connectivity index (χ1v) is 12.4. The SMILES string of the molecule is COc1cc2c(cc1OC)C1OC(=O)CCC(=O)OC1(CC1CCN(Cc3ccccc3)CC1)C2=O. The monoisotopic (exact) mass is 493 g/mol. The van der Waals surface area contributed by atoms with Crippen molar-refractivity contribution in [3.05, 3.63) is 59.2 Å². The number of fused-ring (bicyclic) bond motifs is 3. The van der Waals surface area contributed by atoms with Crippen LogP contribution < -0.4 is 9.47 Å². The zero-order valence-electron chi connectivity index (χ0n) is 20.7. The summed E-state index contributed by atoms with van der Waals surface area (Å²) in [5.74, 6) is -0.488. The molecule has 8 heteroatoms. The van der Waals surface area contributed by atoms with Gasteiger partial charge in [-0.15, -0.1) is 0 Å². The van der Waals surface area contributed by atoms with Crippen LogP contribution in [-0.2, 0) is 25.6 Å². The first-order chi connectivity index (χ1) is 17.4. The number of carbonyl (C=O) groups is 3. The fourth-order valence-electron chi connectivity index (χ4n) is 5.67. The predicted octanol–water partition coefficient (Wildman–Crippen LogP) is 3.86. The number of esters is 2. The van der Waals surface area contributed by atoms with Crippen LogP contribution in [0.15, 0.2) is 42.5 Å². The van der Waals surface area contributed by atoms with Crippen molar-refractivity contribution in [2.24, 2.45) is 5.92 Å². The summed E-state index contributed by atoms with van der Waals surface area (Å²) in [6.45, 7) is 2.62. The normalized spacial score (nSPS) is 24.7. The van der Waals surface area contributed by atoms with E-state index in [1.807, 2.05) is 18.2 Å². The van der Waals surface area contributed by atoms with E-state index >= 15 is 0 Å². The fraction of sp³-hybridized carbons (Fsp3) is 0.464.